The lowest BCUT2D eigenvalue weighted by Crippen LogP contribution is -1.90. The molecule has 0 atom stereocenters. The monoisotopic (exact) mass is 278 g/mol. The molecule has 0 radical (unpaired) electrons. The van der Waals surface area contributed by atoms with Gasteiger partial charge in [-0.05, 0) is 29.7 Å². The molecule has 18 heavy (non-hydrogen) atoms. The van der Waals surface area contributed by atoms with Crippen LogP contribution in [-0.2, 0) is 12.4 Å². The van der Waals surface area contributed by atoms with E-state index in [4.69, 9.17) is 11.6 Å². The minimum Gasteiger partial charge on any atom is -0.392 e. The first-order chi connectivity index (χ1) is 8.70. The average molecular weight is 279 g/mol. The number of hydrogen-bond acceptors (Lipinski definition) is 2. The van der Waals surface area contributed by atoms with Gasteiger partial charge >= 0.3 is 0 Å². The van der Waals surface area contributed by atoms with Crippen molar-refractivity contribution in [3.05, 3.63) is 64.2 Å². The zero-order chi connectivity index (χ0) is 13.0. The van der Waals surface area contributed by atoms with Crippen LogP contribution < -0.4 is 0 Å². The second-order valence-electron chi connectivity index (χ2n) is 4.17. The highest BCUT2D eigenvalue weighted by atomic mass is 35.5. The first kappa shape index (κ1) is 13.5. The molecule has 0 heterocycles. The number of aryl methyl sites for hydroxylation is 1. The van der Waals surface area contributed by atoms with E-state index in [2.05, 4.69) is 18.2 Å². The normalized spacial score (nSPS) is 10.6. The number of aliphatic hydroxyl groups excluding tert-OH is 1. The summed E-state index contributed by atoms with van der Waals surface area (Å²) in [6.07, 6.45) is 0. The smallest absolute Gasteiger partial charge is 0.0696 e. The highest BCUT2D eigenvalue weighted by molar-refractivity contribution is 7.98. The topological polar surface area (TPSA) is 20.2 Å². The Kier molecular flexibility index (Phi) is 4.70. The maximum Gasteiger partial charge on any atom is 0.0696 e. The molecule has 0 aliphatic carbocycles. The van der Waals surface area contributed by atoms with Gasteiger partial charge in [-0.2, -0.15) is 0 Å². The fourth-order valence-electron chi connectivity index (χ4n) is 1.76. The second kappa shape index (κ2) is 6.28. The Bertz CT molecular complexity index is 526. The summed E-state index contributed by atoms with van der Waals surface area (Å²) in [5.74, 6) is 0.884. The number of hydrogen-bond donors (Lipinski definition) is 1. The van der Waals surface area contributed by atoms with Crippen LogP contribution in [0.3, 0.4) is 0 Å². The molecule has 0 unspecified atom stereocenters. The van der Waals surface area contributed by atoms with Crippen LogP contribution in [0.4, 0.5) is 0 Å². The van der Waals surface area contributed by atoms with Gasteiger partial charge in [0.25, 0.3) is 0 Å². The number of halogens is 1. The number of benzene rings is 2. The molecule has 1 nitrogen and oxygen atoms in total. The zero-order valence-electron chi connectivity index (χ0n) is 10.2. The third-order valence-corrected chi connectivity index (χ3v) is 4.34. The number of aliphatic hydroxyl groups is 1. The van der Waals surface area contributed by atoms with Crippen LogP contribution in [0.1, 0.15) is 16.7 Å². The first-order valence-corrected chi connectivity index (χ1v) is 7.13. The van der Waals surface area contributed by atoms with Gasteiger partial charge in [0.1, 0.15) is 0 Å². The number of rotatable bonds is 4. The van der Waals surface area contributed by atoms with Crippen LogP contribution in [0.25, 0.3) is 0 Å². The molecule has 0 bridgehead atoms. The summed E-state index contributed by atoms with van der Waals surface area (Å²) in [6.45, 7) is 2.00. The molecule has 0 fully saturated rings. The molecular formula is C15H15ClOS. The van der Waals surface area contributed by atoms with Crippen molar-refractivity contribution in [2.24, 2.45) is 0 Å². The average Bonchev–Trinajstić information content (AvgIpc) is 2.40. The molecule has 0 aliphatic heterocycles. The molecule has 2 aromatic carbocycles. The fourth-order valence-corrected chi connectivity index (χ4v) is 3.14. The third kappa shape index (κ3) is 3.29. The predicted molar refractivity (Wildman–Crippen MR) is 78.1 cm³/mol. The van der Waals surface area contributed by atoms with Crippen molar-refractivity contribution in [2.75, 3.05) is 0 Å². The van der Waals surface area contributed by atoms with E-state index in [1.807, 2.05) is 31.2 Å². The predicted octanol–water partition coefficient (Wildman–Crippen LogP) is 4.43. The lowest BCUT2D eigenvalue weighted by atomic mass is 10.1. The Morgan fingerprint density at radius 1 is 1.17 bits per heavy atom. The van der Waals surface area contributed by atoms with E-state index in [1.165, 1.54) is 5.56 Å². The minimum atomic E-state index is -0.0145. The van der Waals surface area contributed by atoms with Gasteiger partial charge in [0.15, 0.2) is 0 Å². The Morgan fingerprint density at radius 2 is 1.89 bits per heavy atom. The summed E-state index contributed by atoms with van der Waals surface area (Å²) < 4.78 is 0. The molecule has 0 aromatic heterocycles. The number of thioether (sulfide) groups is 1. The van der Waals surface area contributed by atoms with E-state index in [-0.39, 0.29) is 6.61 Å². The molecule has 2 rings (SSSR count). The SMILES string of the molecule is Cc1cc(CO)c(Cl)c(SCc2ccccc2)c1. The van der Waals surface area contributed by atoms with Crippen LogP contribution in [0.15, 0.2) is 47.4 Å². The van der Waals surface area contributed by atoms with Crippen molar-refractivity contribution in [2.45, 2.75) is 24.2 Å². The summed E-state index contributed by atoms with van der Waals surface area (Å²) in [7, 11) is 0. The summed E-state index contributed by atoms with van der Waals surface area (Å²) >= 11 is 7.97. The first-order valence-electron chi connectivity index (χ1n) is 5.77. The standard InChI is InChI=1S/C15H15ClOS/c1-11-7-13(9-17)15(16)14(8-11)18-10-12-5-3-2-4-6-12/h2-8,17H,9-10H2,1H3. The van der Waals surface area contributed by atoms with Crippen LogP contribution >= 0.6 is 23.4 Å². The third-order valence-electron chi connectivity index (χ3n) is 2.67. The zero-order valence-corrected chi connectivity index (χ0v) is 11.8. The van der Waals surface area contributed by atoms with Gasteiger partial charge in [0.2, 0.25) is 0 Å². The molecule has 0 amide bonds. The quantitative estimate of drug-likeness (QED) is 0.835. The van der Waals surface area contributed by atoms with Crippen LogP contribution in [-0.4, -0.2) is 5.11 Å². The fraction of sp³-hybridized carbons (Fsp3) is 0.200. The van der Waals surface area contributed by atoms with E-state index < -0.39 is 0 Å². The molecule has 1 N–H and O–H groups in total. The van der Waals surface area contributed by atoms with Crippen molar-refractivity contribution in [3.8, 4) is 0 Å². The minimum absolute atomic E-state index is 0.0145. The molecule has 0 spiro atoms. The maximum absolute atomic E-state index is 9.26. The van der Waals surface area contributed by atoms with E-state index in [0.29, 0.717) is 5.02 Å². The molecule has 2 aromatic rings. The van der Waals surface area contributed by atoms with E-state index in [0.717, 1.165) is 21.8 Å². The summed E-state index contributed by atoms with van der Waals surface area (Å²) in [4.78, 5) is 1.03. The second-order valence-corrected chi connectivity index (χ2v) is 5.56. The van der Waals surface area contributed by atoms with Crippen molar-refractivity contribution >= 4 is 23.4 Å². The lowest BCUT2D eigenvalue weighted by Gasteiger charge is -2.09. The van der Waals surface area contributed by atoms with E-state index in [1.54, 1.807) is 11.8 Å². The Hall–Kier alpha value is -0.960. The maximum atomic E-state index is 9.26. The van der Waals surface area contributed by atoms with Gasteiger partial charge in [-0.15, -0.1) is 11.8 Å². The highest BCUT2D eigenvalue weighted by Gasteiger charge is 2.08. The van der Waals surface area contributed by atoms with Crippen LogP contribution in [0.5, 0.6) is 0 Å². The molecule has 0 aliphatic rings. The molecule has 0 saturated heterocycles. The highest BCUT2D eigenvalue weighted by Crippen LogP contribution is 2.33. The molecule has 94 valence electrons. The van der Waals surface area contributed by atoms with Gasteiger partial charge in [-0.3, -0.25) is 0 Å². The summed E-state index contributed by atoms with van der Waals surface area (Å²) in [6, 6.07) is 14.3. The van der Waals surface area contributed by atoms with Gasteiger partial charge in [-0.25, -0.2) is 0 Å². The lowest BCUT2D eigenvalue weighted by molar-refractivity contribution is 0.281. The van der Waals surface area contributed by atoms with Crippen molar-refractivity contribution < 1.29 is 5.11 Å². The van der Waals surface area contributed by atoms with E-state index >= 15 is 0 Å². The van der Waals surface area contributed by atoms with Crippen molar-refractivity contribution in [3.63, 3.8) is 0 Å². The largest absolute Gasteiger partial charge is 0.392 e. The van der Waals surface area contributed by atoms with E-state index in [9.17, 15) is 5.11 Å². The van der Waals surface area contributed by atoms with Crippen LogP contribution in [0, 0.1) is 6.92 Å². The molecular weight excluding hydrogens is 264 g/mol. The summed E-state index contributed by atoms with van der Waals surface area (Å²) in [5, 5.41) is 9.93. The van der Waals surface area contributed by atoms with Crippen LogP contribution in [0.2, 0.25) is 5.02 Å². The van der Waals surface area contributed by atoms with Crippen molar-refractivity contribution in [1.82, 2.24) is 0 Å². The van der Waals surface area contributed by atoms with Crippen molar-refractivity contribution in [1.29, 1.82) is 0 Å². The Balaban J connectivity index is 2.17. The molecule has 3 heteroatoms. The Labute approximate surface area is 117 Å². The summed E-state index contributed by atoms with van der Waals surface area (Å²) in [5.41, 5.74) is 3.19. The van der Waals surface area contributed by atoms with Gasteiger partial charge < -0.3 is 5.11 Å². The van der Waals surface area contributed by atoms with Gasteiger partial charge in [0, 0.05) is 10.6 Å². The Morgan fingerprint density at radius 3 is 2.56 bits per heavy atom. The molecule has 0 saturated carbocycles. The van der Waals surface area contributed by atoms with Gasteiger partial charge in [-0.1, -0.05) is 48.0 Å². The van der Waals surface area contributed by atoms with Gasteiger partial charge in [0.05, 0.1) is 11.6 Å².